The van der Waals surface area contributed by atoms with Crippen LogP contribution in [0.1, 0.15) is 20.8 Å². The summed E-state index contributed by atoms with van der Waals surface area (Å²) in [4.78, 5) is 13.1. The number of hydrogen-bond acceptors (Lipinski definition) is 3. The molecule has 20 heavy (non-hydrogen) atoms. The summed E-state index contributed by atoms with van der Waals surface area (Å²) in [7, 11) is 0. The molecule has 0 atom stereocenters. The van der Waals surface area contributed by atoms with Crippen LogP contribution >= 0.6 is 27.3 Å². The zero-order valence-electron chi connectivity index (χ0n) is 11.3. The van der Waals surface area contributed by atoms with Crippen molar-refractivity contribution in [3.8, 4) is 0 Å². The number of rotatable bonds is 6. The molecule has 1 aromatic carbocycles. The third kappa shape index (κ3) is 4.74. The third-order valence-corrected chi connectivity index (χ3v) is 4.52. The molecule has 2 aromatic rings. The molecule has 0 bridgehead atoms. The van der Waals surface area contributed by atoms with E-state index in [9.17, 15) is 4.79 Å². The van der Waals surface area contributed by atoms with E-state index in [0.717, 1.165) is 23.1 Å². The van der Waals surface area contributed by atoms with E-state index in [0.29, 0.717) is 12.1 Å². The van der Waals surface area contributed by atoms with Crippen LogP contribution in [0.15, 0.2) is 40.2 Å². The molecule has 0 saturated carbocycles. The second-order valence-corrected chi connectivity index (χ2v) is 6.44. The van der Waals surface area contributed by atoms with Gasteiger partial charge >= 0.3 is 0 Å². The van der Waals surface area contributed by atoms with E-state index in [4.69, 9.17) is 0 Å². The van der Waals surface area contributed by atoms with Crippen molar-refractivity contribution >= 4 is 33.2 Å². The van der Waals surface area contributed by atoms with Crippen LogP contribution in [-0.2, 0) is 6.54 Å². The number of hydrogen-bond donors (Lipinski definition) is 2. The van der Waals surface area contributed by atoms with Crippen LogP contribution in [0.25, 0.3) is 0 Å². The van der Waals surface area contributed by atoms with E-state index in [1.807, 2.05) is 31.2 Å². The van der Waals surface area contributed by atoms with Crippen molar-refractivity contribution < 1.29 is 4.79 Å². The molecule has 3 nitrogen and oxygen atoms in total. The minimum atomic E-state index is -0.0225. The minimum absolute atomic E-state index is 0.0225. The lowest BCUT2D eigenvalue weighted by Gasteiger charge is -2.06. The number of carbonyl (C=O) groups excluding carboxylic acids is 1. The van der Waals surface area contributed by atoms with Gasteiger partial charge in [0.15, 0.2) is 0 Å². The van der Waals surface area contributed by atoms with Gasteiger partial charge in [0.25, 0.3) is 5.91 Å². The van der Waals surface area contributed by atoms with Crippen LogP contribution in [0.3, 0.4) is 0 Å². The van der Waals surface area contributed by atoms with E-state index < -0.39 is 0 Å². The molecule has 0 saturated heterocycles. The molecule has 106 valence electrons. The third-order valence-electron chi connectivity index (χ3n) is 2.82. The topological polar surface area (TPSA) is 41.1 Å². The molecule has 1 aromatic heterocycles. The van der Waals surface area contributed by atoms with Crippen molar-refractivity contribution in [1.82, 2.24) is 10.6 Å². The van der Waals surface area contributed by atoms with Crippen LogP contribution in [0.5, 0.6) is 0 Å². The lowest BCUT2D eigenvalue weighted by atomic mass is 10.1. The Morgan fingerprint density at radius 1 is 1.25 bits per heavy atom. The molecule has 1 heterocycles. The molecule has 0 fully saturated rings. The summed E-state index contributed by atoms with van der Waals surface area (Å²) in [6.45, 7) is 4.22. The molecule has 0 radical (unpaired) electrons. The number of halogens is 1. The smallest absolute Gasteiger partial charge is 0.251 e. The van der Waals surface area contributed by atoms with E-state index in [-0.39, 0.29) is 5.91 Å². The predicted molar refractivity (Wildman–Crippen MR) is 87.2 cm³/mol. The average molecular weight is 353 g/mol. The first kappa shape index (κ1) is 15.2. The Balaban J connectivity index is 1.65. The summed E-state index contributed by atoms with van der Waals surface area (Å²) in [6, 6.07) is 9.69. The highest BCUT2D eigenvalue weighted by Gasteiger charge is 2.03. The molecule has 0 aliphatic carbocycles. The first-order valence-corrected chi connectivity index (χ1v) is 8.11. The zero-order valence-corrected chi connectivity index (χ0v) is 13.7. The van der Waals surface area contributed by atoms with E-state index in [2.05, 4.69) is 38.0 Å². The van der Waals surface area contributed by atoms with Gasteiger partial charge in [-0.1, -0.05) is 17.7 Å². The van der Waals surface area contributed by atoms with Gasteiger partial charge < -0.3 is 10.6 Å². The fourth-order valence-electron chi connectivity index (χ4n) is 1.73. The monoisotopic (exact) mass is 352 g/mol. The standard InChI is InChI=1S/C15H17BrN2OS/c1-11-2-4-12(5-3-11)15(19)18-7-6-17-9-14-8-13(16)10-20-14/h2-5,8,10,17H,6-7,9H2,1H3,(H,18,19). The maximum absolute atomic E-state index is 11.8. The molecular weight excluding hydrogens is 336 g/mol. The molecule has 5 heteroatoms. The molecule has 0 unspecified atom stereocenters. The summed E-state index contributed by atoms with van der Waals surface area (Å²) in [5, 5.41) is 8.27. The Kier molecular flexibility index (Phi) is 5.76. The summed E-state index contributed by atoms with van der Waals surface area (Å²) < 4.78 is 1.12. The van der Waals surface area contributed by atoms with Gasteiger partial charge in [-0.05, 0) is 41.1 Å². The van der Waals surface area contributed by atoms with E-state index >= 15 is 0 Å². The van der Waals surface area contributed by atoms with Crippen LogP contribution in [0.2, 0.25) is 0 Å². The number of nitrogens with one attached hydrogen (secondary N) is 2. The quantitative estimate of drug-likeness (QED) is 0.782. The van der Waals surface area contributed by atoms with Gasteiger partial charge in [0.1, 0.15) is 0 Å². The number of benzene rings is 1. The van der Waals surface area contributed by atoms with Crippen molar-refractivity contribution in [2.24, 2.45) is 0 Å². The first-order valence-electron chi connectivity index (χ1n) is 6.43. The maximum atomic E-state index is 11.8. The van der Waals surface area contributed by atoms with Crippen LogP contribution in [0.4, 0.5) is 0 Å². The number of carbonyl (C=O) groups is 1. The fourth-order valence-corrected chi connectivity index (χ4v) is 3.15. The van der Waals surface area contributed by atoms with Gasteiger partial charge in [-0.2, -0.15) is 0 Å². The van der Waals surface area contributed by atoms with Gasteiger partial charge in [0.05, 0.1) is 0 Å². The van der Waals surface area contributed by atoms with Gasteiger partial charge in [-0.15, -0.1) is 11.3 Å². The van der Waals surface area contributed by atoms with Gasteiger partial charge in [0, 0.05) is 39.9 Å². The van der Waals surface area contributed by atoms with Gasteiger partial charge in [-0.25, -0.2) is 0 Å². The lowest BCUT2D eigenvalue weighted by Crippen LogP contribution is -2.31. The Bertz CT molecular complexity index is 566. The Morgan fingerprint density at radius 3 is 2.65 bits per heavy atom. The Hall–Kier alpha value is -1.17. The molecule has 1 amide bonds. The van der Waals surface area contributed by atoms with Crippen molar-refractivity contribution in [3.05, 3.63) is 56.2 Å². The summed E-state index contributed by atoms with van der Waals surface area (Å²) >= 11 is 5.15. The zero-order chi connectivity index (χ0) is 14.4. The predicted octanol–water partition coefficient (Wildman–Crippen LogP) is 3.34. The Morgan fingerprint density at radius 2 is 2.00 bits per heavy atom. The minimum Gasteiger partial charge on any atom is -0.351 e. The average Bonchev–Trinajstić information content (AvgIpc) is 2.84. The second kappa shape index (κ2) is 7.57. The molecule has 2 N–H and O–H groups in total. The van der Waals surface area contributed by atoms with Crippen LogP contribution < -0.4 is 10.6 Å². The molecule has 0 aliphatic heterocycles. The molecule has 0 aliphatic rings. The molecular formula is C15H17BrN2OS. The highest BCUT2D eigenvalue weighted by molar-refractivity contribution is 9.10. The van der Waals surface area contributed by atoms with Crippen molar-refractivity contribution in [2.45, 2.75) is 13.5 Å². The highest BCUT2D eigenvalue weighted by Crippen LogP contribution is 2.19. The molecule has 0 spiro atoms. The molecule has 2 rings (SSSR count). The van der Waals surface area contributed by atoms with Gasteiger partial charge in [-0.3, -0.25) is 4.79 Å². The SMILES string of the molecule is Cc1ccc(C(=O)NCCNCc2cc(Br)cs2)cc1. The van der Waals surface area contributed by atoms with Crippen molar-refractivity contribution in [2.75, 3.05) is 13.1 Å². The Labute approximate surface area is 131 Å². The van der Waals surface area contributed by atoms with Crippen LogP contribution in [-0.4, -0.2) is 19.0 Å². The first-order chi connectivity index (χ1) is 9.65. The summed E-state index contributed by atoms with van der Waals surface area (Å²) in [5.41, 5.74) is 1.86. The largest absolute Gasteiger partial charge is 0.351 e. The van der Waals surface area contributed by atoms with Crippen molar-refractivity contribution in [3.63, 3.8) is 0 Å². The highest BCUT2D eigenvalue weighted by atomic mass is 79.9. The number of amides is 1. The van der Waals surface area contributed by atoms with Crippen LogP contribution in [0, 0.1) is 6.92 Å². The van der Waals surface area contributed by atoms with E-state index in [1.165, 1.54) is 4.88 Å². The number of thiophene rings is 1. The summed E-state index contributed by atoms with van der Waals surface area (Å²) in [5.74, 6) is -0.0225. The number of aryl methyl sites for hydroxylation is 1. The fraction of sp³-hybridized carbons (Fsp3) is 0.267. The lowest BCUT2D eigenvalue weighted by molar-refractivity contribution is 0.0954. The second-order valence-electron chi connectivity index (χ2n) is 4.53. The van der Waals surface area contributed by atoms with Gasteiger partial charge in [0.2, 0.25) is 0 Å². The van der Waals surface area contributed by atoms with E-state index in [1.54, 1.807) is 11.3 Å². The van der Waals surface area contributed by atoms with Crippen molar-refractivity contribution in [1.29, 1.82) is 0 Å². The maximum Gasteiger partial charge on any atom is 0.251 e. The normalized spacial score (nSPS) is 10.5. The summed E-state index contributed by atoms with van der Waals surface area (Å²) in [6.07, 6.45) is 0.